The van der Waals surface area contributed by atoms with Crippen molar-refractivity contribution in [1.29, 1.82) is 0 Å². The van der Waals surface area contributed by atoms with Gasteiger partial charge in [0.25, 0.3) is 0 Å². The maximum atomic E-state index is 13.1. The summed E-state index contributed by atoms with van der Waals surface area (Å²) in [6.45, 7) is 3.63. The maximum absolute atomic E-state index is 13.1. The van der Waals surface area contributed by atoms with Crippen LogP contribution < -0.4 is 0 Å². The molecule has 1 aliphatic carbocycles. The summed E-state index contributed by atoms with van der Waals surface area (Å²) >= 11 is 0. The van der Waals surface area contributed by atoms with Gasteiger partial charge in [-0.2, -0.15) is 4.90 Å². The first kappa shape index (κ1) is 26.6. The van der Waals surface area contributed by atoms with E-state index < -0.39 is 48.4 Å². The van der Waals surface area contributed by atoms with Gasteiger partial charge >= 0.3 is 6.09 Å². The van der Waals surface area contributed by atoms with E-state index in [0.29, 0.717) is 29.7 Å². The Hall–Kier alpha value is -2.97. The third-order valence-corrected chi connectivity index (χ3v) is 7.11. The molecule has 8 heteroatoms. The summed E-state index contributed by atoms with van der Waals surface area (Å²) in [5, 5.41) is 31.1. The first-order chi connectivity index (χ1) is 16.8. The number of aromatic hydroxyl groups is 1. The van der Waals surface area contributed by atoms with Gasteiger partial charge in [-0.05, 0) is 55.4 Å². The van der Waals surface area contributed by atoms with E-state index in [-0.39, 0.29) is 12.2 Å². The zero-order valence-electron chi connectivity index (χ0n) is 20.6. The zero-order valence-corrected chi connectivity index (χ0v) is 20.6. The van der Waals surface area contributed by atoms with E-state index in [0.717, 1.165) is 36.7 Å². The van der Waals surface area contributed by atoms with E-state index in [1.807, 2.05) is 32.1 Å². The van der Waals surface area contributed by atoms with Crippen LogP contribution in [0, 0.1) is 17.8 Å². The van der Waals surface area contributed by atoms with E-state index in [1.54, 1.807) is 12.1 Å². The smallest absolute Gasteiger partial charge is 0.423 e. The monoisotopic (exact) mass is 485 g/mol. The van der Waals surface area contributed by atoms with Crippen molar-refractivity contribution in [2.75, 3.05) is 13.7 Å². The summed E-state index contributed by atoms with van der Waals surface area (Å²) in [5.74, 6) is -3.44. The molecule has 1 fully saturated rings. The molecule has 0 unspecified atom stereocenters. The molecular formula is C27H35NO7. The molecule has 4 atom stereocenters. The Kier molecular flexibility index (Phi) is 8.86. The van der Waals surface area contributed by atoms with Crippen molar-refractivity contribution in [3.8, 4) is 5.75 Å². The number of aliphatic hydroxyl groups is 2. The molecule has 0 bridgehead atoms. The third-order valence-electron chi connectivity index (χ3n) is 7.11. The second-order valence-electron chi connectivity index (χ2n) is 9.22. The molecule has 1 saturated heterocycles. The summed E-state index contributed by atoms with van der Waals surface area (Å²) < 4.78 is 4.63. The average molecular weight is 486 g/mol. The van der Waals surface area contributed by atoms with Crippen LogP contribution in [0.4, 0.5) is 4.79 Å². The number of nitrogens with zero attached hydrogens (tertiary/aromatic N) is 1. The van der Waals surface area contributed by atoms with Gasteiger partial charge < -0.3 is 20.1 Å². The van der Waals surface area contributed by atoms with Crippen LogP contribution in [0.3, 0.4) is 0 Å². The molecule has 0 radical (unpaired) electrons. The summed E-state index contributed by atoms with van der Waals surface area (Å²) in [4.78, 5) is 38.6. The molecule has 8 nitrogen and oxygen atoms in total. The lowest BCUT2D eigenvalue weighted by atomic mass is 9.67. The highest BCUT2D eigenvalue weighted by atomic mass is 16.5. The molecule has 1 aromatic carbocycles. The summed E-state index contributed by atoms with van der Waals surface area (Å²) in [7, 11) is 1.11. The topological polar surface area (TPSA) is 124 Å². The van der Waals surface area contributed by atoms with Crippen LogP contribution in [0.1, 0.15) is 57.9 Å². The number of hydrogen-bond donors (Lipinski definition) is 3. The summed E-state index contributed by atoms with van der Waals surface area (Å²) in [6.07, 6.45) is 3.61. The number of carbonyl (C=O) groups excluding carboxylic acids is 3. The number of aliphatic hydroxyl groups excluding tert-OH is 2. The van der Waals surface area contributed by atoms with Crippen LogP contribution in [-0.4, -0.2) is 57.9 Å². The zero-order chi connectivity index (χ0) is 25.7. The summed E-state index contributed by atoms with van der Waals surface area (Å²) in [6, 6.07) is 6.89. The standard InChI is InChI=1S/C27H35NO7/c1-4-6-18-14-20-24(26(33)28(25(20)32)27(34)35-3)21(15-29)23(18)22(31)12-9-16(5-2)13-17-7-10-19(30)11-8-17/h7-8,10-11,13,20-22,24,29-31H,4-6,9,12,14-15H2,1-3H3/b16-13+/t20-,21+,22-,24-/m1/s1. The fraction of sp³-hybridized carbons (Fsp3) is 0.519. The van der Waals surface area contributed by atoms with Crippen molar-refractivity contribution in [3.63, 3.8) is 0 Å². The molecular weight excluding hydrogens is 450 g/mol. The number of carbonyl (C=O) groups is 3. The SMILES string of the molecule is CCCC1=C([C@H](O)CC/C(=C/c2ccc(O)cc2)CC)[C@H](CO)[C@@H]2C(=O)N(C(=O)OC)C(=O)[C@@H]2C1. The van der Waals surface area contributed by atoms with Crippen molar-refractivity contribution in [3.05, 3.63) is 46.5 Å². The highest BCUT2D eigenvalue weighted by molar-refractivity contribution is 6.15. The molecule has 3 amide bonds. The number of likely N-dealkylation sites (tertiary alicyclic amines) is 1. The minimum Gasteiger partial charge on any atom is -0.508 e. The minimum atomic E-state index is -1.02. The molecule has 35 heavy (non-hydrogen) atoms. The molecule has 2 aliphatic rings. The first-order valence-electron chi connectivity index (χ1n) is 12.2. The number of benzene rings is 1. The number of allylic oxidation sites excluding steroid dienone is 2. The van der Waals surface area contributed by atoms with E-state index in [9.17, 15) is 29.7 Å². The number of amides is 3. The Labute approximate surface area is 205 Å². The maximum Gasteiger partial charge on any atom is 0.423 e. The lowest BCUT2D eigenvalue weighted by Gasteiger charge is -2.36. The number of rotatable bonds is 9. The average Bonchev–Trinajstić information content (AvgIpc) is 3.10. The lowest BCUT2D eigenvalue weighted by molar-refractivity contribution is -0.137. The highest BCUT2D eigenvalue weighted by Crippen LogP contribution is 2.47. The molecule has 3 N–H and O–H groups in total. The molecule has 3 rings (SSSR count). The van der Waals surface area contributed by atoms with Crippen molar-refractivity contribution in [2.24, 2.45) is 17.8 Å². The van der Waals surface area contributed by atoms with Gasteiger partial charge in [0.15, 0.2) is 0 Å². The number of hydrogen-bond acceptors (Lipinski definition) is 7. The van der Waals surface area contributed by atoms with Gasteiger partial charge in [-0.1, -0.05) is 49.6 Å². The Morgan fingerprint density at radius 3 is 2.46 bits per heavy atom. The van der Waals surface area contributed by atoms with E-state index in [4.69, 9.17) is 0 Å². The van der Waals surface area contributed by atoms with Crippen LogP contribution in [0.5, 0.6) is 5.75 Å². The van der Waals surface area contributed by atoms with Gasteiger partial charge in [0.2, 0.25) is 11.8 Å². The van der Waals surface area contributed by atoms with Crippen LogP contribution >= 0.6 is 0 Å². The fourth-order valence-electron chi connectivity index (χ4n) is 5.40. The fourth-order valence-corrected chi connectivity index (χ4v) is 5.40. The van der Waals surface area contributed by atoms with Gasteiger partial charge in [0, 0.05) is 5.92 Å². The number of fused-ring (bicyclic) bond motifs is 1. The quantitative estimate of drug-likeness (QED) is 0.359. The second kappa shape index (κ2) is 11.6. The number of phenols is 1. The number of phenolic OH excluding ortho intramolecular Hbond substituents is 1. The Bertz CT molecular complexity index is 1010. The van der Waals surface area contributed by atoms with Gasteiger partial charge in [-0.3, -0.25) is 9.59 Å². The minimum absolute atomic E-state index is 0.197. The molecule has 1 aromatic rings. The van der Waals surface area contributed by atoms with E-state index in [2.05, 4.69) is 4.74 Å². The van der Waals surface area contributed by atoms with Gasteiger partial charge in [0.1, 0.15) is 5.75 Å². The van der Waals surface area contributed by atoms with Crippen LogP contribution in [0.2, 0.25) is 0 Å². The van der Waals surface area contributed by atoms with Crippen LogP contribution in [0.15, 0.2) is 41.0 Å². The Morgan fingerprint density at radius 2 is 1.89 bits per heavy atom. The molecule has 0 saturated carbocycles. The predicted octanol–water partition coefficient (Wildman–Crippen LogP) is 3.80. The van der Waals surface area contributed by atoms with Gasteiger partial charge in [-0.25, -0.2) is 4.79 Å². The normalized spacial score (nSPS) is 23.5. The van der Waals surface area contributed by atoms with Crippen molar-refractivity contribution in [2.45, 2.75) is 58.5 Å². The van der Waals surface area contributed by atoms with Crippen LogP contribution in [0.25, 0.3) is 6.08 Å². The molecule has 0 aromatic heterocycles. The van der Waals surface area contributed by atoms with Gasteiger partial charge in [0.05, 0.1) is 31.7 Å². The second-order valence-corrected chi connectivity index (χ2v) is 9.22. The van der Waals surface area contributed by atoms with Crippen molar-refractivity contribution >= 4 is 24.0 Å². The van der Waals surface area contributed by atoms with Gasteiger partial charge in [-0.15, -0.1) is 0 Å². The van der Waals surface area contributed by atoms with Crippen LogP contribution in [-0.2, 0) is 14.3 Å². The molecule has 1 heterocycles. The lowest BCUT2D eigenvalue weighted by Crippen LogP contribution is -2.40. The third kappa shape index (κ3) is 5.49. The van der Waals surface area contributed by atoms with Crippen molar-refractivity contribution in [1.82, 2.24) is 4.90 Å². The number of ether oxygens (including phenoxy) is 1. The number of imide groups is 3. The molecule has 0 spiro atoms. The Morgan fingerprint density at radius 1 is 1.20 bits per heavy atom. The first-order valence-corrected chi connectivity index (χ1v) is 12.2. The van der Waals surface area contributed by atoms with E-state index in [1.165, 1.54) is 0 Å². The Balaban J connectivity index is 1.86. The molecule has 190 valence electrons. The number of methoxy groups -OCH3 is 1. The largest absolute Gasteiger partial charge is 0.508 e. The summed E-state index contributed by atoms with van der Waals surface area (Å²) in [5.41, 5.74) is 3.58. The molecule has 1 aliphatic heterocycles. The van der Waals surface area contributed by atoms with Crippen molar-refractivity contribution < 1.29 is 34.4 Å². The van der Waals surface area contributed by atoms with E-state index >= 15 is 0 Å². The highest BCUT2D eigenvalue weighted by Gasteiger charge is 2.57. The predicted molar refractivity (Wildman–Crippen MR) is 130 cm³/mol.